The van der Waals surface area contributed by atoms with E-state index in [1.54, 1.807) is 19.1 Å². The molecule has 0 unspecified atom stereocenters. The predicted molar refractivity (Wildman–Crippen MR) is 70.1 cm³/mol. The monoisotopic (exact) mass is 249 g/mol. The summed E-state index contributed by atoms with van der Waals surface area (Å²) in [6, 6.07) is 4.59. The maximum Gasteiger partial charge on any atom is 0.253 e. The van der Waals surface area contributed by atoms with Crippen LogP contribution in [0.3, 0.4) is 0 Å². The second-order valence-electron chi connectivity index (χ2n) is 5.10. The van der Waals surface area contributed by atoms with Crippen molar-refractivity contribution in [2.24, 2.45) is 5.92 Å². The van der Waals surface area contributed by atoms with Gasteiger partial charge in [0.1, 0.15) is 5.82 Å². The molecule has 1 aliphatic rings. The SMILES string of the molecule is CCN(CC1CCC1)C(=O)c1ccc(F)c(C)c1. The molecule has 0 radical (unpaired) electrons. The van der Waals surface area contributed by atoms with Crippen LogP contribution in [0.4, 0.5) is 4.39 Å². The molecular weight excluding hydrogens is 229 g/mol. The first-order valence-corrected chi connectivity index (χ1v) is 6.67. The van der Waals surface area contributed by atoms with Crippen molar-refractivity contribution >= 4 is 5.91 Å². The minimum absolute atomic E-state index is 0.0208. The topological polar surface area (TPSA) is 20.3 Å². The summed E-state index contributed by atoms with van der Waals surface area (Å²) < 4.78 is 13.2. The summed E-state index contributed by atoms with van der Waals surface area (Å²) in [7, 11) is 0. The van der Waals surface area contributed by atoms with E-state index < -0.39 is 0 Å². The molecule has 1 aromatic rings. The first-order valence-electron chi connectivity index (χ1n) is 6.67. The minimum atomic E-state index is -0.256. The quantitative estimate of drug-likeness (QED) is 0.801. The standard InChI is InChI=1S/C15H20FNO/c1-3-17(10-12-5-4-6-12)15(18)13-7-8-14(16)11(2)9-13/h7-9,12H,3-6,10H2,1-2H3. The van der Waals surface area contributed by atoms with Gasteiger partial charge in [-0.05, 0) is 56.4 Å². The Morgan fingerprint density at radius 2 is 2.17 bits per heavy atom. The summed E-state index contributed by atoms with van der Waals surface area (Å²) in [5, 5.41) is 0. The van der Waals surface area contributed by atoms with Gasteiger partial charge in [0.25, 0.3) is 5.91 Å². The molecule has 0 aliphatic heterocycles. The number of amides is 1. The van der Waals surface area contributed by atoms with E-state index >= 15 is 0 Å². The second-order valence-corrected chi connectivity index (χ2v) is 5.10. The van der Waals surface area contributed by atoms with Crippen molar-refractivity contribution in [1.29, 1.82) is 0 Å². The zero-order valence-electron chi connectivity index (χ0n) is 11.1. The summed E-state index contributed by atoms with van der Waals surface area (Å²) in [4.78, 5) is 14.2. The van der Waals surface area contributed by atoms with Crippen molar-refractivity contribution in [3.05, 3.63) is 35.1 Å². The molecule has 0 atom stereocenters. The number of benzene rings is 1. The molecule has 0 saturated heterocycles. The number of hydrogen-bond acceptors (Lipinski definition) is 1. The molecule has 2 nitrogen and oxygen atoms in total. The van der Waals surface area contributed by atoms with Crippen LogP contribution in [0, 0.1) is 18.7 Å². The van der Waals surface area contributed by atoms with Crippen LogP contribution >= 0.6 is 0 Å². The van der Waals surface area contributed by atoms with Crippen molar-refractivity contribution in [3.8, 4) is 0 Å². The van der Waals surface area contributed by atoms with Gasteiger partial charge in [0.2, 0.25) is 0 Å². The van der Waals surface area contributed by atoms with E-state index in [-0.39, 0.29) is 11.7 Å². The number of halogens is 1. The number of hydrogen-bond donors (Lipinski definition) is 0. The van der Waals surface area contributed by atoms with E-state index in [1.807, 2.05) is 11.8 Å². The van der Waals surface area contributed by atoms with E-state index in [0.29, 0.717) is 23.6 Å². The average molecular weight is 249 g/mol. The lowest BCUT2D eigenvalue weighted by molar-refractivity contribution is 0.0706. The van der Waals surface area contributed by atoms with Gasteiger partial charge in [-0.3, -0.25) is 4.79 Å². The highest BCUT2D eigenvalue weighted by atomic mass is 19.1. The Morgan fingerprint density at radius 1 is 1.44 bits per heavy atom. The third-order valence-electron chi connectivity index (χ3n) is 3.78. The first kappa shape index (κ1) is 13.1. The van der Waals surface area contributed by atoms with Crippen LogP contribution in [-0.2, 0) is 0 Å². The Hall–Kier alpha value is -1.38. The fourth-order valence-electron chi connectivity index (χ4n) is 2.30. The Bertz CT molecular complexity index is 440. The van der Waals surface area contributed by atoms with Crippen molar-refractivity contribution in [1.82, 2.24) is 4.90 Å². The molecule has 1 fully saturated rings. The van der Waals surface area contributed by atoms with Crippen LogP contribution in [0.1, 0.15) is 42.1 Å². The normalized spacial score (nSPS) is 15.3. The maximum atomic E-state index is 13.2. The largest absolute Gasteiger partial charge is 0.339 e. The van der Waals surface area contributed by atoms with Gasteiger partial charge in [-0.25, -0.2) is 4.39 Å². The predicted octanol–water partition coefficient (Wildman–Crippen LogP) is 3.40. The second kappa shape index (κ2) is 5.51. The molecule has 0 N–H and O–H groups in total. The van der Waals surface area contributed by atoms with Gasteiger partial charge < -0.3 is 4.90 Å². The number of rotatable bonds is 4. The molecule has 1 aromatic carbocycles. The van der Waals surface area contributed by atoms with Crippen LogP contribution in [0.2, 0.25) is 0 Å². The first-order chi connectivity index (χ1) is 8.61. The van der Waals surface area contributed by atoms with E-state index in [1.165, 1.54) is 25.3 Å². The van der Waals surface area contributed by atoms with Crippen LogP contribution in [0.15, 0.2) is 18.2 Å². The summed E-state index contributed by atoms with van der Waals surface area (Å²) in [6.07, 6.45) is 3.74. The van der Waals surface area contributed by atoms with Gasteiger partial charge in [-0.15, -0.1) is 0 Å². The summed E-state index contributed by atoms with van der Waals surface area (Å²) >= 11 is 0. The Kier molecular flexibility index (Phi) is 4.00. The average Bonchev–Trinajstić information content (AvgIpc) is 2.31. The van der Waals surface area contributed by atoms with Gasteiger partial charge in [-0.2, -0.15) is 0 Å². The molecule has 0 heterocycles. The number of carbonyl (C=O) groups is 1. The zero-order valence-corrected chi connectivity index (χ0v) is 11.1. The number of nitrogens with zero attached hydrogens (tertiary/aromatic N) is 1. The fraction of sp³-hybridized carbons (Fsp3) is 0.533. The van der Waals surface area contributed by atoms with Crippen molar-refractivity contribution < 1.29 is 9.18 Å². The molecule has 98 valence electrons. The van der Waals surface area contributed by atoms with E-state index in [4.69, 9.17) is 0 Å². The molecular formula is C15H20FNO. The molecule has 1 amide bonds. The van der Waals surface area contributed by atoms with Gasteiger partial charge in [0.05, 0.1) is 0 Å². The lowest BCUT2D eigenvalue weighted by atomic mass is 9.85. The van der Waals surface area contributed by atoms with Gasteiger partial charge >= 0.3 is 0 Å². The van der Waals surface area contributed by atoms with E-state index in [2.05, 4.69) is 0 Å². The third-order valence-corrected chi connectivity index (χ3v) is 3.78. The van der Waals surface area contributed by atoms with Crippen LogP contribution in [0.5, 0.6) is 0 Å². The number of carbonyl (C=O) groups excluding carboxylic acids is 1. The molecule has 0 aromatic heterocycles. The minimum Gasteiger partial charge on any atom is -0.339 e. The van der Waals surface area contributed by atoms with Gasteiger partial charge in [0.15, 0.2) is 0 Å². The van der Waals surface area contributed by atoms with Crippen LogP contribution in [0.25, 0.3) is 0 Å². The molecule has 0 spiro atoms. The van der Waals surface area contributed by atoms with E-state index in [0.717, 1.165) is 6.54 Å². The van der Waals surface area contributed by atoms with Crippen LogP contribution < -0.4 is 0 Å². The molecule has 18 heavy (non-hydrogen) atoms. The van der Waals surface area contributed by atoms with Gasteiger partial charge in [0, 0.05) is 18.7 Å². The zero-order chi connectivity index (χ0) is 13.1. The maximum absolute atomic E-state index is 13.2. The van der Waals surface area contributed by atoms with Crippen LogP contribution in [-0.4, -0.2) is 23.9 Å². The van der Waals surface area contributed by atoms with Gasteiger partial charge in [-0.1, -0.05) is 6.42 Å². The van der Waals surface area contributed by atoms with Crippen molar-refractivity contribution in [2.75, 3.05) is 13.1 Å². The lowest BCUT2D eigenvalue weighted by Gasteiger charge is -2.31. The van der Waals surface area contributed by atoms with Crippen molar-refractivity contribution in [3.63, 3.8) is 0 Å². The highest BCUT2D eigenvalue weighted by Crippen LogP contribution is 2.27. The number of aryl methyl sites for hydroxylation is 1. The summed E-state index contributed by atoms with van der Waals surface area (Å²) in [5.74, 6) is 0.427. The third kappa shape index (κ3) is 2.71. The fourth-order valence-corrected chi connectivity index (χ4v) is 2.30. The smallest absolute Gasteiger partial charge is 0.253 e. The Labute approximate surface area is 108 Å². The van der Waals surface area contributed by atoms with Crippen molar-refractivity contribution in [2.45, 2.75) is 33.1 Å². The Balaban J connectivity index is 2.09. The lowest BCUT2D eigenvalue weighted by Crippen LogP contribution is -2.37. The molecule has 2 rings (SSSR count). The highest BCUT2D eigenvalue weighted by Gasteiger charge is 2.23. The molecule has 3 heteroatoms. The molecule has 0 bridgehead atoms. The Morgan fingerprint density at radius 3 is 2.67 bits per heavy atom. The molecule has 1 saturated carbocycles. The highest BCUT2D eigenvalue weighted by molar-refractivity contribution is 5.94. The molecule has 1 aliphatic carbocycles. The van der Waals surface area contributed by atoms with E-state index in [9.17, 15) is 9.18 Å². The summed E-state index contributed by atoms with van der Waals surface area (Å²) in [6.45, 7) is 5.23. The summed E-state index contributed by atoms with van der Waals surface area (Å²) in [5.41, 5.74) is 1.12.